The second kappa shape index (κ2) is 2.05. The average molecular weight is 144 g/mol. The van der Waals surface area contributed by atoms with Crippen molar-refractivity contribution >= 4 is 11.9 Å². The van der Waals surface area contributed by atoms with E-state index in [1.54, 1.807) is 6.92 Å². The molecule has 0 aromatic rings. The molecule has 0 aromatic heterocycles. The van der Waals surface area contributed by atoms with E-state index >= 15 is 0 Å². The van der Waals surface area contributed by atoms with Crippen LogP contribution in [0.15, 0.2) is 0 Å². The Bertz CT molecular complexity index is 186. The van der Waals surface area contributed by atoms with Crippen molar-refractivity contribution in [3.8, 4) is 0 Å². The van der Waals surface area contributed by atoms with E-state index in [-0.39, 0.29) is 12.8 Å². The quantitative estimate of drug-likeness (QED) is 0.401. The Kier molecular flexibility index (Phi) is 1.48. The van der Waals surface area contributed by atoms with Gasteiger partial charge in [0.25, 0.3) is 0 Å². The monoisotopic (exact) mass is 144 g/mol. The van der Waals surface area contributed by atoms with Gasteiger partial charge in [0.15, 0.2) is 5.60 Å². The number of carbonyl (C=O) groups is 2. The number of aliphatic hydroxyl groups is 1. The number of esters is 2. The average Bonchev–Trinajstić information content (AvgIpc) is 2.09. The second-order valence-electron chi connectivity index (χ2n) is 2.32. The summed E-state index contributed by atoms with van der Waals surface area (Å²) in [7, 11) is 0. The van der Waals surface area contributed by atoms with Gasteiger partial charge in [-0.3, -0.25) is 4.79 Å². The predicted octanol–water partition coefficient (Wildman–Crippen LogP) is -0.399. The molecule has 1 fully saturated rings. The topological polar surface area (TPSA) is 63.6 Å². The molecular weight excluding hydrogens is 136 g/mol. The SMILES string of the molecule is CCC1(O)CC(=O)OC1=O. The van der Waals surface area contributed by atoms with E-state index < -0.39 is 17.5 Å². The first-order valence-corrected chi connectivity index (χ1v) is 3.06. The third-order valence-electron chi connectivity index (χ3n) is 1.61. The van der Waals surface area contributed by atoms with E-state index in [0.717, 1.165) is 0 Å². The van der Waals surface area contributed by atoms with E-state index in [1.165, 1.54) is 0 Å². The molecule has 0 spiro atoms. The standard InChI is InChI=1S/C6H8O4/c1-2-6(9)3-4(7)10-5(6)8/h9H,2-3H2,1H3. The molecule has 0 amide bonds. The molecule has 1 aliphatic heterocycles. The highest BCUT2D eigenvalue weighted by molar-refractivity contribution is 5.99. The third kappa shape index (κ3) is 0.903. The van der Waals surface area contributed by atoms with Crippen LogP contribution in [-0.4, -0.2) is 22.6 Å². The van der Waals surface area contributed by atoms with Crippen molar-refractivity contribution in [2.24, 2.45) is 0 Å². The van der Waals surface area contributed by atoms with Crippen LogP contribution in [0.4, 0.5) is 0 Å². The molecule has 0 aliphatic carbocycles. The summed E-state index contributed by atoms with van der Waals surface area (Å²) in [6.45, 7) is 1.62. The number of cyclic esters (lactones) is 2. The maximum absolute atomic E-state index is 10.6. The first-order chi connectivity index (χ1) is 4.58. The normalized spacial score (nSPS) is 32.6. The van der Waals surface area contributed by atoms with Crippen LogP contribution in [0.1, 0.15) is 19.8 Å². The van der Waals surface area contributed by atoms with Gasteiger partial charge < -0.3 is 9.84 Å². The van der Waals surface area contributed by atoms with Gasteiger partial charge >= 0.3 is 11.9 Å². The van der Waals surface area contributed by atoms with Crippen molar-refractivity contribution in [3.63, 3.8) is 0 Å². The van der Waals surface area contributed by atoms with Crippen molar-refractivity contribution in [3.05, 3.63) is 0 Å². The van der Waals surface area contributed by atoms with Gasteiger partial charge in [-0.1, -0.05) is 6.92 Å². The summed E-state index contributed by atoms with van der Waals surface area (Å²) in [5.41, 5.74) is -1.54. The molecule has 1 saturated heterocycles. The molecule has 0 bridgehead atoms. The molecule has 4 nitrogen and oxygen atoms in total. The summed E-state index contributed by atoms with van der Waals surface area (Å²) in [6.07, 6.45) is 0.0138. The number of rotatable bonds is 1. The molecule has 0 saturated carbocycles. The van der Waals surface area contributed by atoms with E-state index in [0.29, 0.717) is 0 Å². The maximum Gasteiger partial charge on any atom is 0.346 e. The number of ether oxygens (including phenoxy) is 1. The van der Waals surface area contributed by atoms with Gasteiger partial charge in [0.05, 0.1) is 6.42 Å². The highest BCUT2D eigenvalue weighted by Gasteiger charge is 2.46. The highest BCUT2D eigenvalue weighted by atomic mass is 16.6. The van der Waals surface area contributed by atoms with Crippen LogP contribution in [0.25, 0.3) is 0 Å². The zero-order chi connectivity index (χ0) is 7.78. The number of hydrogen-bond donors (Lipinski definition) is 1. The van der Waals surface area contributed by atoms with Gasteiger partial charge in [0.1, 0.15) is 0 Å². The molecule has 10 heavy (non-hydrogen) atoms. The van der Waals surface area contributed by atoms with Gasteiger partial charge in [-0.25, -0.2) is 4.79 Å². The van der Waals surface area contributed by atoms with Gasteiger partial charge in [0, 0.05) is 0 Å². The first-order valence-electron chi connectivity index (χ1n) is 3.06. The molecular formula is C6H8O4. The van der Waals surface area contributed by atoms with Crippen molar-refractivity contribution in [1.29, 1.82) is 0 Å². The number of carbonyl (C=O) groups excluding carboxylic acids is 2. The van der Waals surface area contributed by atoms with Crippen LogP contribution >= 0.6 is 0 Å². The fourth-order valence-corrected chi connectivity index (χ4v) is 0.815. The van der Waals surface area contributed by atoms with E-state index in [9.17, 15) is 14.7 Å². The Morgan fingerprint density at radius 1 is 1.70 bits per heavy atom. The molecule has 1 unspecified atom stereocenters. The molecule has 0 radical (unpaired) electrons. The minimum Gasteiger partial charge on any atom is -0.391 e. The summed E-state index contributed by atoms with van der Waals surface area (Å²) in [5, 5.41) is 9.24. The minimum atomic E-state index is -1.54. The van der Waals surface area contributed by atoms with Crippen molar-refractivity contribution in [2.45, 2.75) is 25.4 Å². The van der Waals surface area contributed by atoms with Crippen LogP contribution in [0.3, 0.4) is 0 Å². The Morgan fingerprint density at radius 2 is 2.30 bits per heavy atom. The lowest BCUT2D eigenvalue weighted by Gasteiger charge is -2.11. The smallest absolute Gasteiger partial charge is 0.346 e. The Labute approximate surface area is 57.8 Å². The van der Waals surface area contributed by atoms with E-state index in [2.05, 4.69) is 4.74 Å². The van der Waals surface area contributed by atoms with Gasteiger partial charge in [0.2, 0.25) is 0 Å². The van der Waals surface area contributed by atoms with Gasteiger partial charge in [-0.2, -0.15) is 0 Å². The summed E-state index contributed by atoms with van der Waals surface area (Å²) < 4.78 is 4.14. The Morgan fingerprint density at radius 3 is 2.50 bits per heavy atom. The lowest BCUT2D eigenvalue weighted by Crippen LogP contribution is -2.32. The van der Waals surface area contributed by atoms with Gasteiger partial charge in [-0.05, 0) is 6.42 Å². The molecule has 1 rings (SSSR count). The zero-order valence-electron chi connectivity index (χ0n) is 5.59. The largest absolute Gasteiger partial charge is 0.391 e. The van der Waals surface area contributed by atoms with Crippen molar-refractivity contribution in [2.75, 3.05) is 0 Å². The van der Waals surface area contributed by atoms with Crippen molar-refractivity contribution in [1.82, 2.24) is 0 Å². The van der Waals surface area contributed by atoms with Crippen LogP contribution < -0.4 is 0 Å². The lowest BCUT2D eigenvalue weighted by molar-refractivity contribution is -0.158. The summed E-state index contributed by atoms with van der Waals surface area (Å²) in [5.74, 6) is -1.46. The van der Waals surface area contributed by atoms with Crippen molar-refractivity contribution < 1.29 is 19.4 Å². The molecule has 1 atom stereocenters. The molecule has 4 heteroatoms. The van der Waals surface area contributed by atoms with Gasteiger partial charge in [-0.15, -0.1) is 0 Å². The third-order valence-corrected chi connectivity index (χ3v) is 1.61. The molecule has 1 aliphatic rings. The summed E-state index contributed by atoms with van der Waals surface area (Å²) in [4.78, 5) is 21.1. The highest BCUT2D eigenvalue weighted by Crippen LogP contribution is 2.23. The van der Waals surface area contributed by atoms with Crippen LogP contribution in [-0.2, 0) is 14.3 Å². The molecule has 56 valence electrons. The van der Waals surface area contributed by atoms with Crippen LogP contribution in [0, 0.1) is 0 Å². The zero-order valence-corrected chi connectivity index (χ0v) is 5.59. The van der Waals surface area contributed by atoms with Crippen LogP contribution in [0.2, 0.25) is 0 Å². The summed E-state index contributed by atoms with van der Waals surface area (Å²) >= 11 is 0. The lowest BCUT2D eigenvalue weighted by atomic mass is 10.00. The Balaban J connectivity index is 2.80. The van der Waals surface area contributed by atoms with E-state index in [1.807, 2.05) is 0 Å². The fraction of sp³-hybridized carbons (Fsp3) is 0.667. The summed E-state index contributed by atoms with van der Waals surface area (Å²) in [6, 6.07) is 0. The minimum absolute atomic E-state index is 0.206. The maximum atomic E-state index is 10.6. The fourth-order valence-electron chi connectivity index (χ4n) is 0.815. The molecule has 1 N–H and O–H groups in total. The molecule has 0 aromatic carbocycles. The van der Waals surface area contributed by atoms with E-state index in [4.69, 9.17) is 0 Å². The van der Waals surface area contributed by atoms with Crippen LogP contribution in [0.5, 0.6) is 0 Å². The Hall–Kier alpha value is -0.900. The molecule has 1 heterocycles. The number of hydrogen-bond acceptors (Lipinski definition) is 4. The first kappa shape index (κ1) is 7.21. The predicted molar refractivity (Wildman–Crippen MR) is 31.0 cm³/mol. The second-order valence-corrected chi connectivity index (χ2v) is 2.32.